The van der Waals surface area contributed by atoms with Gasteiger partial charge >= 0.3 is 6.09 Å². The van der Waals surface area contributed by atoms with E-state index in [-0.39, 0.29) is 54.2 Å². The lowest BCUT2D eigenvalue weighted by atomic mass is 9.94. The number of likely N-dealkylation sites (tertiary alicyclic amines) is 2. The van der Waals surface area contributed by atoms with E-state index in [1.807, 2.05) is 54.0 Å². The number of aliphatic imine (C=N–C) groups is 1. The van der Waals surface area contributed by atoms with Crippen LogP contribution in [0.2, 0.25) is 0 Å². The molecule has 6 aromatic rings. The number of hydrogen-bond acceptors (Lipinski definition) is 9. The highest BCUT2D eigenvalue weighted by molar-refractivity contribution is 6.08. The third-order valence-corrected chi connectivity index (χ3v) is 13.5. The maximum Gasteiger partial charge on any atom is 0.407 e. The Morgan fingerprint density at radius 1 is 0.788 bits per heavy atom. The molecule has 66 heavy (non-hydrogen) atoms. The molecule has 14 nitrogen and oxygen atoms in total. The van der Waals surface area contributed by atoms with Crippen molar-refractivity contribution in [2.24, 2.45) is 22.7 Å². The van der Waals surface area contributed by atoms with Gasteiger partial charge in [-0.3, -0.25) is 19.4 Å². The van der Waals surface area contributed by atoms with Crippen LogP contribution in [0.1, 0.15) is 62.6 Å². The lowest BCUT2D eigenvalue weighted by molar-refractivity contribution is -0.137. The predicted octanol–water partition coefficient (Wildman–Crippen LogP) is 7.82. The van der Waals surface area contributed by atoms with Gasteiger partial charge in [-0.15, -0.1) is 0 Å². The van der Waals surface area contributed by atoms with Crippen molar-refractivity contribution in [2.45, 2.75) is 64.2 Å². The Balaban J connectivity index is 0.958. The molecule has 0 spiro atoms. The fourth-order valence-corrected chi connectivity index (χ4v) is 10.3. The standard InChI is InChI=1S/C52H57N7O7/c1-29(2)46(57-52(63)66-6)50(61)58-25-30(3)20-44(58)49-54-41-19-15-36-23-34(13-17-38(36)48(41)56-49)33-12-16-37-35(22-33)14-18-40-39(37)24-42(53-40)43-21-31(27-64-4)26-59(43)51(62)47(55-45(60)28-65-5)32-10-8-7-9-11-32/h7-19,22-23,29-31,43-44,46-47H,20-21,24-28H2,1-6H3,(H,54,56)(H,55,60)(H,57,63)/t30-,31-,43-,44-,46-,47+/m0/s1. The summed E-state index contributed by atoms with van der Waals surface area (Å²) in [5.74, 6) is 0.302. The van der Waals surface area contributed by atoms with Crippen LogP contribution >= 0.6 is 0 Å². The molecule has 3 aliphatic rings. The van der Waals surface area contributed by atoms with Crippen LogP contribution in [0.3, 0.4) is 0 Å². The summed E-state index contributed by atoms with van der Waals surface area (Å²) in [6, 6.07) is 28.6. The molecule has 3 aliphatic heterocycles. The second-order valence-corrected chi connectivity index (χ2v) is 18.4. The molecule has 0 aliphatic carbocycles. The summed E-state index contributed by atoms with van der Waals surface area (Å²) in [5.41, 5.74) is 7.59. The number of carbonyl (C=O) groups is 4. The van der Waals surface area contributed by atoms with E-state index in [1.165, 1.54) is 14.2 Å². The highest BCUT2D eigenvalue weighted by Gasteiger charge is 2.43. The Morgan fingerprint density at radius 2 is 1.50 bits per heavy atom. The molecule has 1 aromatic heterocycles. The first-order chi connectivity index (χ1) is 31.9. The molecule has 9 rings (SSSR count). The summed E-state index contributed by atoms with van der Waals surface area (Å²) >= 11 is 0. The number of methoxy groups -OCH3 is 3. The van der Waals surface area contributed by atoms with Gasteiger partial charge in [-0.2, -0.15) is 0 Å². The van der Waals surface area contributed by atoms with E-state index in [2.05, 4.69) is 83.2 Å². The largest absolute Gasteiger partial charge is 0.453 e. The first kappa shape index (κ1) is 44.6. The number of H-pyrrole nitrogens is 1. The van der Waals surface area contributed by atoms with E-state index in [0.717, 1.165) is 72.9 Å². The van der Waals surface area contributed by atoms with Crippen molar-refractivity contribution in [2.75, 3.05) is 47.6 Å². The van der Waals surface area contributed by atoms with Gasteiger partial charge in [0.1, 0.15) is 24.5 Å². The number of fused-ring (bicyclic) bond motifs is 6. The normalized spacial score (nSPS) is 20.2. The van der Waals surface area contributed by atoms with Gasteiger partial charge < -0.3 is 39.6 Å². The van der Waals surface area contributed by atoms with E-state index < -0.39 is 18.2 Å². The van der Waals surface area contributed by atoms with Gasteiger partial charge in [0.15, 0.2) is 0 Å². The number of benzene rings is 5. The summed E-state index contributed by atoms with van der Waals surface area (Å²) in [6.07, 6.45) is 1.45. The zero-order valence-corrected chi connectivity index (χ0v) is 38.3. The van der Waals surface area contributed by atoms with E-state index >= 15 is 0 Å². The number of carbonyl (C=O) groups excluding carboxylic acids is 4. The highest BCUT2D eigenvalue weighted by Crippen LogP contribution is 2.41. The van der Waals surface area contributed by atoms with Crippen LogP contribution in [-0.4, -0.2) is 109 Å². The second-order valence-electron chi connectivity index (χ2n) is 18.4. The number of nitrogens with one attached hydrogen (secondary N) is 3. The average molecular weight is 892 g/mol. The minimum atomic E-state index is -0.870. The summed E-state index contributed by atoms with van der Waals surface area (Å²) in [4.78, 5) is 71.0. The molecule has 2 fully saturated rings. The van der Waals surface area contributed by atoms with Gasteiger partial charge in [0.25, 0.3) is 0 Å². The lowest BCUT2D eigenvalue weighted by Crippen LogP contribution is -2.51. The molecule has 3 N–H and O–H groups in total. The Kier molecular flexibility index (Phi) is 12.6. The molecule has 0 unspecified atom stereocenters. The van der Waals surface area contributed by atoms with Crippen LogP contribution in [-0.2, 0) is 35.0 Å². The van der Waals surface area contributed by atoms with Crippen molar-refractivity contribution < 1.29 is 33.4 Å². The molecule has 2 saturated heterocycles. The van der Waals surface area contributed by atoms with Gasteiger partial charge in [0.2, 0.25) is 17.7 Å². The van der Waals surface area contributed by atoms with Crippen LogP contribution in [0.15, 0.2) is 96.0 Å². The minimum absolute atomic E-state index is 0.117. The zero-order chi connectivity index (χ0) is 46.2. The number of hydrogen-bond donors (Lipinski definition) is 3. The third kappa shape index (κ3) is 8.62. The molecule has 4 heterocycles. The highest BCUT2D eigenvalue weighted by atomic mass is 16.5. The Labute approximate surface area is 384 Å². The Morgan fingerprint density at radius 3 is 2.21 bits per heavy atom. The number of alkyl carbamates (subject to hydrolysis) is 1. The smallest absolute Gasteiger partial charge is 0.407 e. The number of nitrogens with zero attached hydrogens (tertiary/aromatic N) is 4. The van der Waals surface area contributed by atoms with E-state index in [9.17, 15) is 19.2 Å². The number of aromatic amines is 1. The van der Waals surface area contributed by atoms with Crippen LogP contribution < -0.4 is 10.6 Å². The second kappa shape index (κ2) is 18.7. The van der Waals surface area contributed by atoms with Crippen molar-refractivity contribution in [3.05, 3.63) is 108 Å². The quantitative estimate of drug-likeness (QED) is 0.106. The van der Waals surface area contributed by atoms with Gasteiger partial charge in [0.05, 0.1) is 42.5 Å². The van der Waals surface area contributed by atoms with Crippen molar-refractivity contribution >= 4 is 67.8 Å². The van der Waals surface area contributed by atoms with Crippen LogP contribution in [0, 0.1) is 17.8 Å². The molecule has 342 valence electrons. The number of imidazole rings is 1. The fraction of sp³-hybridized carbons (Fsp3) is 0.385. The van der Waals surface area contributed by atoms with Gasteiger partial charge in [-0.05, 0) is 87.4 Å². The molecule has 4 amide bonds. The van der Waals surface area contributed by atoms with E-state index in [0.29, 0.717) is 38.1 Å². The fourth-order valence-electron chi connectivity index (χ4n) is 10.3. The maximum absolute atomic E-state index is 14.5. The van der Waals surface area contributed by atoms with Crippen LogP contribution in [0.25, 0.3) is 43.7 Å². The third-order valence-electron chi connectivity index (χ3n) is 13.5. The van der Waals surface area contributed by atoms with Gasteiger partial charge in [0, 0.05) is 50.7 Å². The van der Waals surface area contributed by atoms with Crippen molar-refractivity contribution in [3.8, 4) is 11.1 Å². The van der Waals surface area contributed by atoms with Crippen LogP contribution in [0.5, 0.6) is 0 Å². The Bertz CT molecular complexity index is 2860. The zero-order valence-electron chi connectivity index (χ0n) is 38.3. The van der Waals surface area contributed by atoms with Gasteiger partial charge in [-0.25, -0.2) is 9.78 Å². The molecule has 0 saturated carbocycles. The molecule has 14 heteroatoms. The lowest BCUT2D eigenvalue weighted by Gasteiger charge is -2.30. The summed E-state index contributed by atoms with van der Waals surface area (Å²) in [6.45, 7) is 7.39. The van der Waals surface area contributed by atoms with Crippen molar-refractivity contribution in [1.29, 1.82) is 0 Å². The molecule has 5 aromatic carbocycles. The minimum Gasteiger partial charge on any atom is -0.453 e. The summed E-state index contributed by atoms with van der Waals surface area (Å²) in [7, 11) is 4.44. The van der Waals surface area contributed by atoms with Crippen molar-refractivity contribution in [1.82, 2.24) is 30.4 Å². The monoisotopic (exact) mass is 891 g/mol. The number of rotatable bonds is 13. The maximum atomic E-state index is 14.5. The molecular weight excluding hydrogens is 835 g/mol. The number of aromatic nitrogens is 2. The summed E-state index contributed by atoms with van der Waals surface area (Å²) in [5, 5.41) is 9.94. The molecule has 0 radical (unpaired) electrons. The SMILES string of the molecule is COCC(=O)N[C@@H](C(=O)N1C[C@@H](COC)C[C@H]1C1=Nc2ccc3cc(-c4ccc5c(ccc6[nH]c([C@@H]7C[C@H](C)CN7C(=O)[C@@H](NC(=O)OC)C(C)C)nc65)c4)ccc3c2C1)c1ccccc1. The number of ether oxygens (including phenoxy) is 3. The molecule has 0 bridgehead atoms. The van der Waals surface area contributed by atoms with Gasteiger partial charge in [-0.1, -0.05) is 87.5 Å². The topological polar surface area (TPSA) is 168 Å². The first-order valence-electron chi connectivity index (χ1n) is 22.8. The van der Waals surface area contributed by atoms with E-state index in [4.69, 9.17) is 24.2 Å². The summed E-state index contributed by atoms with van der Waals surface area (Å²) < 4.78 is 15.5. The van der Waals surface area contributed by atoms with Crippen molar-refractivity contribution in [3.63, 3.8) is 0 Å². The van der Waals surface area contributed by atoms with E-state index in [1.54, 1.807) is 7.11 Å². The average Bonchev–Trinajstić information content (AvgIpc) is 4.14. The van der Waals surface area contributed by atoms with Crippen LogP contribution in [0.4, 0.5) is 10.5 Å². The first-order valence-corrected chi connectivity index (χ1v) is 22.8. The predicted molar refractivity (Wildman–Crippen MR) is 254 cm³/mol. The Hall–Kier alpha value is -6.64. The molecular formula is C52H57N7O7. The number of amides is 4. The molecule has 6 atom stereocenters.